The van der Waals surface area contributed by atoms with E-state index in [9.17, 15) is 5.11 Å². The number of rotatable bonds is 7. The molecule has 0 aliphatic heterocycles. The third kappa shape index (κ3) is 4.42. The third-order valence-corrected chi connectivity index (χ3v) is 8.78. The van der Waals surface area contributed by atoms with Crippen LogP contribution >= 0.6 is 7.26 Å². The Hall–Kier alpha value is -1.51. The molecule has 0 spiro atoms. The minimum Gasteiger partial charge on any atom is -1.00 e. The number of aliphatic hydroxyl groups is 1. The standard InChI is InChI=1S/C22H24O2P.BrH/c1-2-24-22(23)18-25(19-12-6-3-7-13-19,20-14-8-4-9-15-20)21-16-10-5-11-17-21;/h3-17,22-23H,2,18H2,1H3;1H/q+1;/p-1. The first-order valence-corrected chi connectivity index (χ1v) is 10.6. The number of aliphatic hydroxyl groups excluding tert-OH is 1. The van der Waals surface area contributed by atoms with Crippen LogP contribution in [-0.2, 0) is 4.74 Å². The smallest absolute Gasteiger partial charge is 0.189 e. The summed E-state index contributed by atoms with van der Waals surface area (Å²) in [6.45, 7) is 2.41. The lowest BCUT2D eigenvalue weighted by atomic mass is 10.4. The molecule has 2 nitrogen and oxygen atoms in total. The normalized spacial score (nSPS) is 12.2. The van der Waals surface area contributed by atoms with Gasteiger partial charge in [0.2, 0.25) is 0 Å². The summed E-state index contributed by atoms with van der Waals surface area (Å²) in [6.07, 6.45) is -0.224. The molecule has 26 heavy (non-hydrogen) atoms. The van der Waals surface area contributed by atoms with Gasteiger partial charge in [-0.1, -0.05) is 54.6 Å². The predicted octanol–water partition coefficient (Wildman–Crippen LogP) is 0.339. The van der Waals surface area contributed by atoms with Crippen LogP contribution in [0.4, 0.5) is 0 Å². The lowest BCUT2D eigenvalue weighted by Crippen LogP contribution is -3.00. The third-order valence-electron chi connectivity index (χ3n) is 4.38. The van der Waals surface area contributed by atoms with Crippen LogP contribution in [0.1, 0.15) is 6.92 Å². The molecule has 0 saturated heterocycles. The molecule has 0 fully saturated rings. The Morgan fingerprint density at radius 1 is 0.731 bits per heavy atom. The molecule has 0 amide bonds. The maximum atomic E-state index is 10.6. The van der Waals surface area contributed by atoms with Crippen LogP contribution in [0.15, 0.2) is 91.0 Å². The van der Waals surface area contributed by atoms with Crippen molar-refractivity contribution >= 4 is 23.2 Å². The van der Waals surface area contributed by atoms with Gasteiger partial charge < -0.3 is 26.8 Å². The summed E-state index contributed by atoms with van der Waals surface area (Å²) in [4.78, 5) is 0. The molecule has 3 aromatic rings. The highest BCUT2D eigenvalue weighted by Crippen LogP contribution is 2.55. The van der Waals surface area contributed by atoms with Gasteiger partial charge >= 0.3 is 0 Å². The highest BCUT2D eigenvalue weighted by Gasteiger charge is 2.47. The van der Waals surface area contributed by atoms with E-state index in [4.69, 9.17) is 4.74 Å². The zero-order valence-corrected chi connectivity index (χ0v) is 17.3. The Morgan fingerprint density at radius 2 is 1.08 bits per heavy atom. The van der Waals surface area contributed by atoms with E-state index in [1.807, 2.05) is 25.1 Å². The van der Waals surface area contributed by atoms with E-state index in [0.717, 1.165) is 0 Å². The maximum absolute atomic E-state index is 10.6. The summed E-state index contributed by atoms with van der Waals surface area (Å²) in [6, 6.07) is 31.6. The molecule has 1 unspecified atom stereocenters. The van der Waals surface area contributed by atoms with Gasteiger partial charge in [-0.15, -0.1) is 0 Å². The van der Waals surface area contributed by atoms with Gasteiger partial charge in [0.15, 0.2) is 6.29 Å². The van der Waals surface area contributed by atoms with Crippen LogP contribution in [0.3, 0.4) is 0 Å². The van der Waals surface area contributed by atoms with Gasteiger partial charge in [0, 0.05) is 6.61 Å². The van der Waals surface area contributed by atoms with Crippen molar-refractivity contribution in [3.63, 3.8) is 0 Å². The molecular weight excluding hydrogens is 407 g/mol. The first-order valence-electron chi connectivity index (χ1n) is 8.62. The van der Waals surface area contributed by atoms with Crippen molar-refractivity contribution in [2.45, 2.75) is 13.2 Å². The highest BCUT2D eigenvalue weighted by atomic mass is 79.9. The molecule has 136 valence electrons. The summed E-state index contributed by atoms with van der Waals surface area (Å²) in [5, 5.41) is 14.3. The molecule has 0 radical (unpaired) electrons. The largest absolute Gasteiger partial charge is 1.00 e. The van der Waals surface area contributed by atoms with E-state index in [-0.39, 0.29) is 17.0 Å². The zero-order valence-electron chi connectivity index (χ0n) is 14.8. The van der Waals surface area contributed by atoms with Gasteiger partial charge in [-0.3, -0.25) is 0 Å². The van der Waals surface area contributed by atoms with Gasteiger partial charge in [-0.2, -0.15) is 0 Å². The summed E-state index contributed by atoms with van der Waals surface area (Å²) < 4.78 is 5.55. The minimum atomic E-state index is -2.01. The Balaban J connectivity index is 0.00000243. The van der Waals surface area contributed by atoms with Crippen molar-refractivity contribution in [2.75, 3.05) is 12.8 Å². The monoisotopic (exact) mass is 430 g/mol. The fourth-order valence-electron chi connectivity index (χ4n) is 3.29. The van der Waals surface area contributed by atoms with E-state index in [0.29, 0.717) is 12.8 Å². The number of hydrogen-bond acceptors (Lipinski definition) is 2. The Kier molecular flexibility index (Phi) is 7.99. The van der Waals surface area contributed by atoms with Gasteiger partial charge in [0.1, 0.15) is 29.3 Å². The molecule has 0 aliphatic carbocycles. The van der Waals surface area contributed by atoms with Crippen LogP contribution in [0, 0.1) is 0 Å². The van der Waals surface area contributed by atoms with Crippen molar-refractivity contribution in [3.05, 3.63) is 91.0 Å². The van der Waals surface area contributed by atoms with Crippen LogP contribution in [-0.4, -0.2) is 24.2 Å². The second kappa shape index (κ2) is 9.99. The highest BCUT2D eigenvalue weighted by molar-refractivity contribution is 7.95. The minimum absolute atomic E-state index is 0. The predicted molar refractivity (Wildman–Crippen MR) is 108 cm³/mol. The molecular formula is C22H24BrO2P. The van der Waals surface area contributed by atoms with E-state index in [2.05, 4.69) is 72.8 Å². The molecule has 0 bridgehead atoms. The molecule has 3 aromatic carbocycles. The first kappa shape index (κ1) is 20.8. The lowest BCUT2D eigenvalue weighted by Gasteiger charge is -2.29. The number of ether oxygens (including phenoxy) is 1. The summed E-state index contributed by atoms with van der Waals surface area (Å²) in [5.74, 6) is 0. The quantitative estimate of drug-likeness (QED) is 0.432. The van der Waals surface area contributed by atoms with Crippen molar-refractivity contribution in [1.29, 1.82) is 0 Å². The van der Waals surface area contributed by atoms with Gasteiger partial charge in [0.25, 0.3) is 0 Å². The van der Waals surface area contributed by atoms with Crippen molar-refractivity contribution in [1.82, 2.24) is 0 Å². The van der Waals surface area contributed by atoms with Gasteiger partial charge in [0.05, 0.1) is 0 Å². The maximum Gasteiger partial charge on any atom is 0.189 e. The van der Waals surface area contributed by atoms with Crippen molar-refractivity contribution < 1.29 is 26.8 Å². The summed E-state index contributed by atoms with van der Waals surface area (Å²) in [7, 11) is -2.01. The average molecular weight is 431 g/mol. The van der Waals surface area contributed by atoms with Crippen molar-refractivity contribution in [3.8, 4) is 0 Å². The first-order chi connectivity index (χ1) is 12.3. The Morgan fingerprint density at radius 3 is 1.38 bits per heavy atom. The van der Waals surface area contributed by atoms with Crippen LogP contribution < -0.4 is 32.9 Å². The summed E-state index contributed by atoms with van der Waals surface area (Å²) >= 11 is 0. The van der Waals surface area contributed by atoms with Crippen LogP contribution in [0.25, 0.3) is 0 Å². The second-order valence-corrected chi connectivity index (χ2v) is 9.44. The van der Waals surface area contributed by atoms with E-state index < -0.39 is 13.6 Å². The Labute approximate surface area is 167 Å². The number of benzene rings is 3. The van der Waals surface area contributed by atoms with Crippen LogP contribution in [0.5, 0.6) is 0 Å². The number of halogens is 1. The molecule has 0 heterocycles. The SMILES string of the molecule is CCOC(O)C[P+](c1ccccc1)(c1ccccc1)c1ccccc1.[Br-]. The second-order valence-electron chi connectivity index (χ2n) is 5.91. The van der Waals surface area contributed by atoms with E-state index in [1.54, 1.807) is 0 Å². The molecule has 0 aliphatic rings. The molecule has 4 heteroatoms. The summed E-state index contributed by atoms with van der Waals surface area (Å²) in [5.41, 5.74) is 0. The fourth-order valence-corrected chi connectivity index (χ4v) is 7.43. The molecule has 1 atom stereocenters. The molecule has 0 aromatic heterocycles. The topological polar surface area (TPSA) is 29.5 Å². The van der Waals surface area contributed by atoms with Crippen molar-refractivity contribution in [2.24, 2.45) is 0 Å². The van der Waals surface area contributed by atoms with E-state index >= 15 is 0 Å². The van der Waals surface area contributed by atoms with Gasteiger partial charge in [-0.25, -0.2) is 0 Å². The fraction of sp³-hybridized carbons (Fsp3) is 0.182. The molecule has 3 rings (SSSR count). The lowest BCUT2D eigenvalue weighted by molar-refractivity contribution is -0.0772. The Bertz CT molecular complexity index is 669. The molecule has 1 N–H and O–H groups in total. The zero-order chi connectivity index (χ0) is 17.5. The van der Waals surface area contributed by atoms with Crippen LogP contribution in [0.2, 0.25) is 0 Å². The molecule has 0 saturated carbocycles. The van der Waals surface area contributed by atoms with Gasteiger partial charge in [-0.05, 0) is 43.3 Å². The number of hydrogen-bond donors (Lipinski definition) is 1. The average Bonchev–Trinajstić information content (AvgIpc) is 2.68. The van der Waals surface area contributed by atoms with E-state index in [1.165, 1.54) is 15.9 Å².